The van der Waals surface area contributed by atoms with E-state index in [1.807, 2.05) is 13.8 Å². The fourth-order valence-corrected chi connectivity index (χ4v) is 0.990. The molecule has 68 valence electrons. The standard InChI is InChI=1S/C8H16O.C2H6/c1-3-5-8(2)6-4-7-9;1-2/h7-8H,3-6H2,1-2H3;1-2H3. The van der Waals surface area contributed by atoms with Gasteiger partial charge in [0.1, 0.15) is 6.29 Å². The van der Waals surface area contributed by atoms with Crippen LogP contribution in [0.1, 0.15) is 53.4 Å². The van der Waals surface area contributed by atoms with Crippen molar-refractivity contribution in [3.8, 4) is 0 Å². The molecule has 0 aliphatic rings. The summed E-state index contributed by atoms with van der Waals surface area (Å²) in [6, 6.07) is 0. The Bertz CT molecular complexity index is 69.3. The quantitative estimate of drug-likeness (QED) is 0.560. The summed E-state index contributed by atoms with van der Waals surface area (Å²) in [4.78, 5) is 9.91. The zero-order chi connectivity index (χ0) is 9.11. The van der Waals surface area contributed by atoms with E-state index in [2.05, 4.69) is 13.8 Å². The summed E-state index contributed by atoms with van der Waals surface area (Å²) in [7, 11) is 0. The molecule has 1 unspecified atom stereocenters. The Kier molecular flexibility index (Phi) is 14.9. The third kappa shape index (κ3) is 12.8. The van der Waals surface area contributed by atoms with Crippen LogP contribution in [0.25, 0.3) is 0 Å². The molecule has 0 aromatic carbocycles. The van der Waals surface area contributed by atoms with Crippen molar-refractivity contribution in [2.45, 2.75) is 53.4 Å². The molecule has 0 aromatic rings. The van der Waals surface area contributed by atoms with E-state index >= 15 is 0 Å². The lowest BCUT2D eigenvalue weighted by atomic mass is 10.0. The van der Waals surface area contributed by atoms with Crippen LogP contribution in [-0.2, 0) is 4.79 Å². The van der Waals surface area contributed by atoms with E-state index in [9.17, 15) is 4.79 Å². The molecule has 0 amide bonds. The van der Waals surface area contributed by atoms with Gasteiger partial charge in [-0.15, -0.1) is 0 Å². The molecule has 0 aromatic heterocycles. The molecule has 0 spiro atoms. The molecule has 1 nitrogen and oxygen atoms in total. The van der Waals surface area contributed by atoms with Crippen LogP contribution < -0.4 is 0 Å². The number of hydrogen-bond acceptors (Lipinski definition) is 1. The second-order valence-electron chi connectivity index (χ2n) is 2.64. The summed E-state index contributed by atoms with van der Waals surface area (Å²) in [5.41, 5.74) is 0. The highest BCUT2D eigenvalue weighted by molar-refractivity contribution is 5.49. The minimum Gasteiger partial charge on any atom is -0.303 e. The predicted octanol–water partition coefficient (Wildman–Crippen LogP) is 3.43. The topological polar surface area (TPSA) is 17.1 Å². The molecule has 0 heterocycles. The minimum absolute atomic E-state index is 0.736. The molecule has 0 N–H and O–H groups in total. The van der Waals surface area contributed by atoms with E-state index in [1.54, 1.807) is 0 Å². The van der Waals surface area contributed by atoms with Gasteiger partial charge >= 0.3 is 0 Å². The summed E-state index contributed by atoms with van der Waals surface area (Å²) >= 11 is 0. The van der Waals surface area contributed by atoms with Crippen molar-refractivity contribution in [2.75, 3.05) is 0 Å². The van der Waals surface area contributed by atoms with Crippen molar-refractivity contribution < 1.29 is 4.79 Å². The fraction of sp³-hybridized carbons (Fsp3) is 0.900. The van der Waals surface area contributed by atoms with Gasteiger partial charge in [0.2, 0.25) is 0 Å². The maximum Gasteiger partial charge on any atom is 0.120 e. The van der Waals surface area contributed by atoms with Gasteiger partial charge in [0, 0.05) is 6.42 Å². The Labute approximate surface area is 71.2 Å². The Balaban J connectivity index is 0. The van der Waals surface area contributed by atoms with Crippen LogP contribution in [0.4, 0.5) is 0 Å². The van der Waals surface area contributed by atoms with E-state index in [4.69, 9.17) is 0 Å². The van der Waals surface area contributed by atoms with Gasteiger partial charge in [0.25, 0.3) is 0 Å². The third-order valence-corrected chi connectivity index (χ3v) is 1.56. The van der Waals surface area contributed by atoms with Gasteiger partial charge in [-0.05, 0) is 12.3 Å². The van der Waals surface area contributed by atoms with Crippen LogP contribution in [-0.4, -0.2) is 6.29 Å². The summed E-state index contributed by atoms with van der Waals surface area (Å²) < 4.78 is 0. The smallest absolute Gasteiger partial charge is 0.120 e. The van der Waals surface area contributed by atoms with E-state index in [-0.39, 0.29) is 0 Å². The average molecular weight is 158 g/mol. The molecule has 0 aliphatic carbocycles. The molecule has 0 aliphatic heterocycles. The number of aldehydes is 1. The lowest BCUT2D eigenvalue weighted by Crippen LogP contribution is -1.93. The zero-order valence-electron chi connectivity index (χ0n) is 8.39. The van der Waals surface area contributed by atoms with Gasteiger partial charge < -0.3 is 4.79 Å². The molecule has 0 saturated carbocycles. The van der Waals surface area contributed by atoms with Crippen molar-refractivity contribution in [1.29, 1.82) is 0 Å². The normalized spacial score (nSPS) is 11.3. The van der Waals surface area contributed by atoms with Crippen LogP contribution >= 0.6 is 0 Å². The molecule has 1 atom stereocenters. The fourth-order valence-electron chi connectivity index (χ4n) is 0.990. The maximum atomic E-state index is 9.91. The summed E-state index contributed by atoms with van der Waals surface area (Å²) in [5, 5.41) is 0. The Morgan fingerprint density at radius 2 is 1.82 bits per heavy atom. The largest absolute Gasteiger partial charge is 0.303 e. The zero-order valence-corrected chi connectivity index (χ0v) is 8.39. The Morgan fingerprint density at radius 3 is 2.18 bits per heavy atom. The minimum atomic E-state index is 0.736. The molecule has 0 radical (unpaired) electrons. The number of rotatable bonds is 5. The van der Waals surface area contributed by atoms with E-state index < -0.39 is 0 Å². The van der Waals surface area contributed by atoms with Gasteiger partial charge in [0.15, 0.2) is 0 Å². The molecule has 0 fully saturated rings. The first kappa shape index (κ1) is 13.3. The molecule has 0 saturated heterocycles. The van der Waals surface area contributed by atoms with Gasteiger partial charge in [-0.2, -0.15) is 0 Å². The highest BCUT2D eigenvalue weighted by Crippen LogP contribution is 2.10. The maximum absolute atomic E-state index is 9.91. The van der Waals surface area contributed by atoms with E-state index in [0.29, 0.717) is 0 Å². The van der Waals surface area contributed by atoms with Crippen molar-refractivity contribution in [1.82, 2.24) is 0 Å². The Hall–Kier alpha value is -0.330. The van der Waals surface area contributed by atoms with Crippen LogP contribution in [0, 0.1) is 5.92 Å². The first-order valence-corrected chi connectivity index (χ1v) is 4.74. The third-order valence-electron chi connectivity index (χ3n) is 1.56. The first-order valence-electron chi connectivity index (χ1n) is 4.74. The SMILES string of the molecule is CC.CCCC(C)CCC=O. The molecule has 0 rings (SSSR count). The van der Waals surface area contributed by atoms with Crippen molar-refractivity contribution >= 4 is 6.29 Å². The Morgan fingerprint density at radius 1 is 1.27 bits per heavy atom. The summed E-state index contributed by atoms with van der Waals surface area (Å²) in [6.07, 6.45) is 5.30. The van der Waals surface area contributed by atoms with E-state index in [0.717, 1.165) is 25.0 Å². The lowest BCUT2D eigenvalue weighted by Gasteiger charge is -2.05. The summed E-state index contributed by atoms with van der Waals surface area (Å²) in [5.74, 6) is 0.736. The van der Waals surface area contributed by atoms with Crippen molar-refractivity contribution in [2.24, 2.45) is 5.92 Å². The van der Waals surface area contributed by atoms with Gasteiger partial charge in [-0.1, -0.05) is 40.5 Å². The van der Waals surface area contributed by atoms with Crippen LogP contribution in [0.3, 0.4) is 0 Å². The van der Waals surface area contributed by atoms with Gasteiger partial charge in [-0.3, -0.25) is 0 Å². The number of carbonyl (C=O) groups is 1. The van der Waals surface area contributed by atoms with Crippen molar-refractivity contribution in [3.63, 3.8) is 0 Å². The monoisotopic (exact) mass is 158 g/mol. The second-order valence-corrected chi connectivity index (χ2v) is 2.64. The molecule has 11 heavy (non-hydrogen) atoms. The van der Waals surface area contributed by atoms with Gasteiger partial charge in [-0.25, -0.2) is 0 Å². The second kappa shape index (κ2) is 12.4. The van der Waals surface area contributed by atoms with Crippen molar-refractivity contribution in [3.05, 3.63) is 0 Å². The molecular formula is C10H22O. The lowest BCUT2D eigenvalue weighted by molar-refractivity contribution is -0.108. The molecular weight excluding hydrogens is 136 g/mol. The highest BCUT2D eigenvalue weighted by atomic mass is 16.1. The average Bonchev–Trinajstić information content (AvgIpc) is 2.05. The highest BCUT2D eigenvalue weighted by Gasteiger charge is 1.97. The van der Waals surface area contributed by atoms with Crippen LogP contribution in [0.5, 0.6) is 0 Å². The first-order chi connectivity index (χ1) is 5.31. The van der Waals surface area contributed by atoms with Gasteiger partial charge in [0.05, 0.1) is 0 Å². The number of carbonyl (C=O) groups excluding carboxylic acids is 1. The van der Waals surface area contributed by atoms with E-state index in [1.165, 1.54) is 12.8 Å². The molecule has 0 bridgehead atoms. The molecule has 1 heteroatoms. The number of hydrogen-bond donors (Lipinski definition) is 0. The summed E-state index contributed by atoms with van der Waals surface area (Å²) in [6.45, 7) is 8.38. The van der Waals surface area contributed by atoms with Crippen LogP contribution in [0.2, 0.25) is 0 Å². The predicted molar refractivity (Wildman–Crippen MR) is 50.7 cm³/mol. The van der Waals surface area contributed by atoms with Crippen LogP contribution in [0.15, 0.2) is 0 Å².